The number of nitrogens with two attached hydrogens (primary N) is 1. The molecule has 1 amide bonds. The first-order chi connectivity index (χ1) is 7.75. The number of nitrogens with one attached hydrogen (secondary N) is 1. The molecule has 17 heavy (non-hydrogen) atoms. The highest BCUT2D eigenvalue weighted by atomic mass is 32.1. The zero-order valence-electron chi connectivity index (χ0n) is 11.0. The first kappa shape index (κ1) is 14.1. The van der Waals surface area contributed by atoms with Gasteiger partial charge in [0.25, 0.3) is 5.91 Å². The predicted molar refractivity (Wildman–Crippen MR) is 69.9 cm³/mol. The van der Waals surface area contributed by atoms with Crippen molar-refractivity contribution in [1.29, 1.82) is 0 Å². The zero-order valence-corrected chi connectivity index (χ0v) is 11.8. The molecule has 0 saturated carbocycles. The smallest absolute Gasteiger partial charge is 0.277 e. The van der Waals surface area contributed by atoms with E-state index >= 15 is 0 Å². The Morgan fingerprint density at radius 1 is 1.47 bits per heavy atom. The summed E-state index contributed by atoms with van der Waals surface area (Å²) >= 11 is 1.40. The molecule has 1 aromatic heterocycles. The van der Waals surface area contributed by atoms with Gasteiger partial charge < -0.3 is 4.90 Å². The number of rotatable bonds is 3. The second kappa shape index (κ2) is 5.12. The van der Waals surface area contributed by atoms with E-state index in [1.54, 1.807) is 0 Å². The highest BCUT2D eigenvalue weighted by molar-refractivity contribution is 7.13. The third-order valence-electron chi connectivity index (χ3n) is 2.17. The number of hydrogen-bond donors (Lipinski definition) is 2. The summed E-state index contributed by atoms with van der Waals surface area (Å²) in [6.45, 7) is 6.84. The molecule has 0 aliphatic heterocycles. The van der Waals surface area contributed by atoms with Gasteiger partial charge in [0.15, 0.2) is 0 Å². The number of hydrogen-bond acceptors (Lipinski definition) is 5. The lowest BCUT2D eigenvalue weighted by Gasteiger charge is -2.16. The van der Waals surface area contributed by atoms with Gasteiger partial charge in [-0.05, 0) is 14.1 Å². The molecule has 0 unspecified atom stereocenters. The fourth-order valence-corrected chi connectivity index (χ4v) is 2.73. The van der Waals surface area contributed by atoms with E-state index in [2.05, 4.69) is 10.4 Å². The lowest BCUT2D eigenvalue weighted by molar-refractivity contribution is 0.0955. The van der Waals surface area contributed by atoms with Gasteiger partial charge in [0, 0.05) is 12.0 Å². The van der Waals surface area contributed by atoms with Crippen LogP contribution < -0.4 is 11.3 Å². The van der Waals surface area contributed by atoms with E-state index in [1.807, 2.05) is 39.8 Å². The van der Waals surface area contributed by atoms with Crippen LogP contribution in [0.1, 0.15) is 41.1 Å². The molecular formula is C11H20N4OS. The van der Waals surface area contributed by atoms with Crippen LogP contribution in [0, 0.1) is 0 Å². The van der Waals surface area contributed by atoms with Crippen LogP contribution in [0.5, 0.6) is 0 Å². The molecular weight excluding hydrogens is 236 g/mol. The summed E-state index contributed by atoms with van der Waals surface area (Å²) in [4.78, 5) is 18.9. The van der Waals surface area contributed by atoms with Gasteiger partial charge in [0.05, 0.1) is 5.69 Å². The number of carbonyl (C=O) groups excluding carboxylic acids is 1. The maximum absolute atomic E-state index is 11.7. The van der Waals surface area contributed by atoms with E-state index in [0.717, 1.165) is 17.2 Å². The highest BCUT2D eigenvalue weighted by Gasteiger charge is 2.26. The van der Waals surface area contributed by atoms with E-state index in [1.165, 1.54) is 11.3 Å². The summed E-state index contributed by atoms with van der Waals surface area (Å²) in [7, 11) is 3.95. The summed E-state index contributed by atoms with van der Waals surface area (Å²) in [6.07, 6.45) is 0. The maximum atomic E-state index is 11.7. The molecule has 0 spiro atoms. The molecule has 3 N–H and O–H groups in total. The van der Waals surface area contributed by atoms with Crippen molar-refractivity contribution < 1.29 is 4.79 Å². The average molecular weight is 256 g/mol. The van der Waals surface area contributed by atoms with Crippen LogP contribution >= 0.6 is 11.3 Å². The molecule has 0 aliphatic carbocycles. The molecule has 96 valence electrons. The second-order valence-electron chi connectivity index (χ2n) is 5.25. The van der Waals surface area contributed by atoms with Crippen molar-refractivity contribution in [2.75, 3.05) is 14.1 Å². The van der Waals surface area contributed by atoms with Crippen molar-refractivity contribution in [2.45, 2.75) is 32.7 Å². The van der Waals surface area contributed by atoms with E-state index in [0.29, 0.717) is 4.88 Å². The Kier molecular flexibility index (Phi) is 4.24. The van der Waals surface area contributed by atoms with Crippen molar-refractivity contribution in [3.05, 3.63) is 15.6 Å². The van der Waals surface area contributed by atoms with E-state index in [9.17, 15) is 4.79 Å². The van der Waals surface area contributed by atoms with Crippen LogP contribution in [0.4, 0.5) is 0 Å². The number of carbonyl (C=O) groups is 1. The molecule has 0 atom stereocenters. The second-order valence-corrected chi connectivity index (χ2v) is 6.33. The van der Waals surface area contributed by atoms with Crippen LogP contribution in [-0.4, -0.2) is 29.9 Å². The fourth-order valence-electron chi connectivity index (χ4n) is 1.43. The number of nitrogens with zero attached hydrogens (tertiary/aromatic N) is 2. The highest BCUT2D eigenvalue weighted by Crippen LogP contribution is 2.29. The van der Waals surface area contributed by atoms with Gasteiger partial charge in [-0.15, -0.1) is 11.3 Å². The van der Waals surface area contributed by atoms with E-state index in [4.69, 9.17) is 5.84 Å². The van der Waals surface area contributed by atoms with Gasteiger partial charge in [-0.3, -0.25) is 10.2 Å². The van der Waals surface area contributed by atoms with Crippen molar-refractivity contribution in [3.8, 4) is 0 Å². The monoisotopic (exact) mass is 256 g/mol. The quantitative estimate of drug-likeness (QED) is 0.483. The Morgan fingerprint density at radius 2 is 2.06 bits per heavy atom. The SMILES string of the molecule is CN(C)Cc1nc(C(C)(C)C)c(C(=O)NN)s1. The normalized spacial score (nSPS) is 11.9. The third kappa shape index (κ3) is 3.49. The zero-order chi connectivity index (χ0) is 13.2. The van der Waals surface area contributed by atoms with E-state index < -0.39 is 0 Å². The molecule has 1 heterocycles. The summed E-state index contributed by atoms with van der Waals surface area (Å²) in [5, 5.41) is 0.929. The van der Waals surface area contributed by atoms with Gasteiger partial charge in [-0.1, -0.05) is 20.8 Å². The minimum absolute atomic E-state index is 0.164. The van der Waals surface area contributed by atoms with Crippen molar-refractivity contribution in [1.82, 2.24) is 15.3 Å². The molecule has 1 rings (SSSR count). The molecule has 6 heteroatoms. The molecule has 5 nitrogen and oxygen atoms in total. The molecule has 0 radical (unpaired) electrons. The largest absolute Gasteiger partial charge is 0.303 e. The Labute approximate surface area is 106 Å². The van der Waals surface area contributed by atoms with Gasteiger partial charge in [0.1, 0.15) is 9.88 Å². The number of aromatic nitrogens is 1. The Hall–Kier alpha value is -0.980. The first-order valence-corrected chi connectivity index (χ1v) is 6.23. The van der Waals surface area contributed by atoms with Crippen LogP contribution in [-0.2, 0) is 12.0 Å². The summed E-state index contributed by atoms with van der Waals surface area (Å²) in [5.74, 6) is 4.93. The topological polar surface area (TPSA) is 71.2 Å². The number of hydrazine groups is 1. The minimum atomic E-state index is -0.266. The van der Waals surface area contributed by atoms with Crippen molar-refractivity contribution in [3.63, 3.8) is 0 Å². The van der Waals surface area contributed by atoms with Gasteiger partial charge >= 0.3 is 0 Å². The first-order valence-electron chi connectivity index (χ1n) is 5.41. The predicted octanol–water partition coefficient (Wildman–Crippen LogP) is 1.11. The van der Waals surface area contributed by atoms with Crippen LogP contribution in [0.2, 0.25) is 0 Å². The lowest BCUT2D eigenvalue weighted by atomic mass is 9.91. The molecule has 0 fully saturated rings. The summed E-state index contributed by atoms with van der Waals surface area (Å²) in [5.41, 5.74) is 2.82. The average Bonchev–Trinajstić information content (AvgIpc) is 2.59. The van der Waals surface area contributed by atoms with Crippen molar-refractivity contribution in [2.24, 2.45) is 5.84 Å². The van der Waals surface area contributed by atoms with Crippen LogP contribution in [0.15, 0.2) is 0 Å². The number of thiazole rings is 1. The lowest BCUT2D eigenvalue weighted by Crippen LogP contribution is -2.31. The van der Waals surface area contributed by atoms with Crippen molar-refractivity contribution >= 4 is 17.2 Å². The van der Waals surface area contributed by atoms with E-state index in [-0.39, 0.29) is 11.3 Å². The Morgan fingerprint density at radius 3 is 2.47 bits per heavy atom. The Bertz CT molecular complexity index is 406. The summed E-state index contributed by atoms with van der Waals surface area (Å²) in [6, 6.07) is 0. The maximum Gasteiger partial charge on any atom is 0.277 e. The molecule has 0 aliphatic rings. The van der Waals surface area contributed by atoms with Gasteiger partial charge in [-0.25, -0.2) is 10.8 Å². The van der Waals surface area contributed by atoms with Crippen LogP contribution in [0.25, 0.3) is 0 Å². The molecule has 0 bridgehead atoms. The van der Waals surface area contributed by atoms with Crippen LogP contribution in [0.3, 0.4) is 0 Å². The number of nitrogen functional groups attached to an aromatic ring is 1. The molecule has 1 aromatic rings. The molecule has 0 aromatic carbocycles. The number of amides is 1. The molecule has 0 saturated heterocycles. The standard InChI is InChI=1S/C11H20N4OS/c1-11(2,3)9-8(10(16)14-12)17-7(13-9)6-15(4)5/h6,12H2,1-5H3,(H,14,16). The third-order valence-corrected chi connectivity index (χ3v) is 3.21. The fraction of sp³-hybridized carbons (Fsp3) is 0.636. The Balaban J connectivity index is 3.17. The van der Waals surface area contributed by atoms with Gasteiger partial charge in [0.2, 0.25) is 0 Å². The summed E-state index contributed by atoms with van der Waals surface area (Å²) < 4.78 is 0. The van der Waals surface area contributed by atoms with Gasteiger partial charge in [-0.2, -0.15) is 0 Å². The minimum Gasteiger partial charge on any atom is -0.303 e.